The topological polar surface area (TPSA) is 87.2 Å². The van der Waals surface area contributed by atoms with Crippen molar-refractivity contribution in [1.29, 1.82) is 0 Å². The Morgan fingerprint density at radius 2 is 2.10 bits per heavy atom. The van der Waals surface area contributed by atoms with Gasteiger partial charge in [0.2, 0.25) is 0 Å². The maximum atomic E-state index is 12.9. The van der Waals surface area contributed by atoms with E-state index < -0.39 is 12.1 Å². The van der Waals surface area contributed by atoms with E-state index in [0.717, 1.165) is 5.69 Å². The Balaban J connectivity index is 1.63. The van der Waals surface area contributed by atoms with Crippen molar-refractivity contribution in [2.75, 3.05) is 6.61 Å². The summed E-state index contributed by atoms with van der Waals surface area (Å²) < 4.78 is 34.9. The highest BCUT2D eigenvalue weighted by atomic mass is 19.3. The lowest BCUT2D eigenvalue weighted by Crippen LogP contribution is -2.10. The Morgan fingerprint density at radius 3 is 2.83 bits per heavy atom. The molecule has 0 spiro atoms. The van der Waals surface area contributed by atoms with Crippen LogP contribution in [-0.2, 0) is 13.0 Å². The molecule has 154 valence electrons. The first-order valence-electron chi connectivity index (χ1n) is 9.27. The highest BCUT2D eigenvalue weighted by Gasteiger charge is 2.17. The number of Topliss-reactive ketones (excluding diaryl/α,β-unsaturated/α-hetero) is 1. The van der Waals surface area contributed by atoms with Crippen LogP contribution in [0.2, 0.25) is 0 Å². The summed E-state index contributed by atoms with van der Waals surface area (Å²) in [5.74, 6) is 0.141. The van der Waals surface area contributed by atoms with Crippen molar-refractivity contribution in [1.82, 2.24) is 29.1 Å². The summed E-state index contributed by atoms with van der Waals surface area (Å²) in [5, 5.41) is 4.07. The molecule has 0 aliphatic carbocycles. The maximum Gasteiger partial charge on any atom is 0.280 e. The van der Waals surface area contributed by atoms with Crippen LogP contribution in [-0.4, -0.2) is 41.5 Å². The van der Waals surface area contributed by atoms with E-state index in [1.165, 1.54) is 24.5 Å². The molecular weight excluding hydrogens is 394 g/mol. The summed E-state index contributed by atoms with van der Waals surface area (Å²) in [6.45, 7) is 2.69. The molecule has 0 unspecified atom stereocenters. The third kappa shape index (κ3) is 4.17. The fourth-order valence-corrected chi connectivity index (χ4v) is 3.08. The van der Waals surface area contributed by atoms with Crippen LogP contribution in [0.15, 0.2) is 49.3 Å². The number of hydrogen-bond donors (Lipinski definition) is 0. The third-order valence-corrected chi connectivity index (χ3v) is 4.40. The van der Waals surface area contributed by atoms with E-state index in [9.17, 15) is 13.6 Å². The van der Waals surface area contributed by atoms with E-state index in [1.54, 1.807) is 27.7 Å². The number of fused-ring (bicyclic) bond motifs is 1. The molecule has 0 amide bonds. The first kappa shape index (κ1) is 19.6. The monoisotopic (exact) mass is 412 g/mol. The van der Waals surface area contributed by atoms with Crippen LogP contribution in [0.25, 0.3) is 5.65 Å². The lowest BCUT2D eigenvalue weighted by molar-refractivity contribution is 0.0984. The number of ketones is 1. The normalized spacial score (nSPS) is 11.3. The summed E-state index contributed by atoms with van der Waals surface area (Å²) in [4.78, 5) is 24.9. The molecule has 4 rings (SSSR count). The van der Waals surface area contributed by atoms with Gasteiger partial charge in [0.05, 0.1) is 18.8 Å². The smallest absolute Gasteiger partial charge is 0.280 e. The summed E-state index contributed by atoms with van der Waals surface area (Å²) in [5.41, 5.74) is 1.60. The molecule has 30 heavy (non-hydrogen) atoms. The molecular formula is C20H18F2N6O2. The number of alkyl halides is 2. The van der Waals surface area contributed by atoms with Gasteiger partial charge in [-0.25, -0.2) is 28.4 Å². The van der Waals surface area contributed by atoms with Crippen LogP contribution in [0.5, 0.6) is 5.75 Å². The molecule has 4 heterocycles. The first-order valence-corrected chi connectivity index (χ1v) is 9.27. The van der Waals surface area contributed by atoms with Gasteiger partial charge in [-0.2, -0.15) is 5.10 Å². The number of rotatable bonds is 8. The second-order valence-corrected chi connectivity index (χ2v) is 6.54. The Bertz CT molecular complexity index is 1170. The lowest BCUT2D eigenvalue weighted by atomic mass is 10.1. The highest BCUT2D eigenvalue weighted by Crippen LogP contribution is 2.24. The molecule has 0 bridgehead atoms. The van der Waals surface area contributed by atoms with Gasteiger partial charge in [-0.3, -0.25) is 4.79 Å². The van der Waals surface area contributed by atoms with Crippen molar-refractivity contribution < 1.29 is 18.3 Å². The molecule has 0 aliphatic heterocycles. The average Bonchev–Trinajstić information content (AvgIpc) is 3.38. The van der Waals surface area contributed by atoms with Crippen molar-refractivity contribution >= 4 is 11.4 Å². The molecule has 8 nitrogen and oxygen atoms in total. The van der Waals surface area contributed by atoms with Crippen molar-refractivity contribution in [3.63, 3.8) is 0 Å². The van der Waals surface area contributed by atoms with Gasteiger partial charge in [0.1, 0.15) is 35.4 Å². The molecule has 0 saturated heterocycles. The molecule has 0 aromatic carbocycles. The minimum absolute atomic E-state index is 0.00662. The summed E-state index contributed by atoms with van der Waals surface area (Å²) in [6, 6.07) is 5.78. The van der Waals surface area contributed by atoms with Gasteiger partial charge in [0, 0.05) is 30.4 Å². The van der Waals surface area contributed by atoms with Crippen LogP contribution in [0, 0.1) is 0 Å². The molecule has 4 aromatic heterocycles. The summed E-state index contributed by atoms with van der Waals surface area (Å²) in [6.07, 6.45) is 3.86. The van der Waals surface area contributed by atoms with Gasteiger partial charge < -0.3 is 9.14 Å². The summed E-state index contributed by atoms with van der Waals surface area (Å²) >= 11 is 0. The van der Waals surface area contributed by atoms with Gasteiger partial charge >= 0.3 is 0 Å². The fourth-order valence-electron chi connectivity index (χ4n) is 3.08. The summed E-state index contributed by atoms with van der Waals surface area (Å²) in [7, 11) is 0. The van der Waals surface area contributed by atoms with Crippen LogP contribution >= 0.6 is 0 Å². The zero-order valence-corrected chi connectivity index (χ0v) is 16.1. The fraction of sp³-hybridized carbons (Fsp3) is 0.250. The molecule has 0 radical (unpaired) electrons. The number of carbonyl (C=O) groups is 1. The SMILES string of the molecule is CCOc1cc2nc(Cn3cncn3)cn2cc1CC(=O)c1cccc(C(F)F)n1. The maximum absolute atomic E-state index is 12.9. The zero-order chi connectivity index (χ0) is 21.1. The lowest BCUT2D eigenvalue weighted by Gasteiger charge is -2.11. The minimum atomic E-state index is -2.73. The molecule has 4 aromatic rings. The Labute approximate surface area is 170 Å². The minimum Gasteiger partial charge on any atom is -0.493 e. The van der Waals surface area contributed by atoms with Crippen LogP contribution in [0.3, 0.4) is 0 Å². The van der Waals surface area contributed by atoms with Gasteiger partial charge in [-0.05, 0) is 19.1 Å². The van der Waals surface area contributed by atoms with E-state index in [0.29, 0.717) is 30.1 Å². The Morgan fingerprint density at radius 1 is 1.23 bits per heavy atom. The first-order chi connectivity index (χ1) is 14.5. The van der Waals surface area contributed by atoms with Gasteiger partial charge in [-0.15, -0.1) is 0 Å². The van der Waals surface area contributed by atoms with Gasteiger partial charge in [-0.1, -0.05) is 6.07 Å². The van der Waals surface area contributed by atoms with E-state index >= 15 is 0 Å². The standard InChI is InChI=1S/C20H18F2N6O2/c1-2-30-18-7-19-25-14(10-28-12-23-11-24-28)9-27(19)8-13(18)6-17(29)15-4-3-5-16(26-15)20(21)22/h3-5,7-9,11-12,20H,2,6,10H2,1H3. The van der Waals surface area contributed by atoms with Crippen molar-refractivity contribution in [2.45, 2.75) is 26.3 Å². The van der Waals surface area contributed by atoms with E-state index in [4.69, 9.17) is 4.74 Å². The molecule has 0 fully saturated rings. The van der Waals surface area contributed by atoms with Gasteiger partial charge in [0.15, 0.2) is 5.78 Å². The molecule has 0 N–H and O–H groups in total. The number of halogens is 2. The quantitative estimate of drug-likeness (QED) is 0.413. The van der Waals surface area contributed by atoms with Crippen molar-refractivity contribution in [2.24, 2.45) is 0 Å². The number of pyridine rings is 2. The second-order valence-electron chi connectivity index (χ2n) is 6.54. The third-order valence-electron chi connectivity index (χ3n) is 4.40. The largest absolute Gasteiger partial charge is 0.493 e. The number of imidazole rings is 1. The van der Waals surface area contributed by atoms with Crippen molar-refractivity contribution in [3.05, 3.63) is 72.0 Å². The van der Waals surface area contributed by atoms with E-state index in [2.05, 4.69) is 20.1 Å². The predicted octanol–water partition coefficient (Wildman–Crippen LogP) is 3.13. The van der Waals surface area contributed by atoms with Crippen LogP contribution in [0.1, 0.15) is 40.8 Å². The predicted molar refractivity (Wildman–Crippen MR) is 103 cm³/mol. The number of aromatic nitrogens is 6. The molecule has 0 saturated carbocycles. The number of hydrogen-bond acceptors (Lipinski definition) is 6. The second kappa shape index (κ2) is 8.36. The highest BCUT2D eigenvalue weighted by molar-refractivity contribution is 5.96. The van der Waals surface area contributed by atoms with Crippen LogP contribution in [0.4, 0.5) is 8.78 Å². The zero-order valence-electron chi connectivity index (χ0n) is 16.1. The van der Waals surface area contributed by atoms with E-state index in [-0.39, 0.29) is 17.9 Å². The molecule has 10 heteroatoms. The average molecular weight is 412 g/mol. The number of carbonyl (C=O) groups excluding carboxylic acids is 1. The van der Waals surface area contributed by atoms with Gasteiger partial charge in [0.25, 0.3) is 6.43 Å². The van der Waals surface area contributed by atoms with E-state index in [1.807, 2.05) is 13.1 Å². The Hall–Kier alpha value is -3.69. The molecule has 0 aliphatic rings. The Kier molecular flexibility index (Phi) is 5.46. The molecule has 0 atom stereocenters. The van der Waals surface area contributed by atoms with Crippen LogP contribution < -0.4 is 4.74 Å². The van der Waals surface area contributed by atoms with Crippen molar-refractivity contribution in [3.8, 4) is 5.75 Å². The number of nitrogens with zero attached hydrogens (tertiary/aromatic N) is 6. The number of ether oxygens (including phenoxy) is 1.